The van der Waals surface area contributed by atoms with E-state index >= 15 is 0 Å². The number of anilines is 1. The van der Waals surface area contributed by atoms with Crippen molar-refractivity contribution in [3.8, 4) is 10.7 Å². The molecule has 3 N–H and O–H groups in total. The van der Waals surface area contributed by atoms with E-state index < -0.39 is 6.10 Å². The molecule has 6 nitrogen and oxygen atoms in total. The summed E-state index contributed by atoms with van der Waals surface area (Å²) in [4.78, 5) is 16.7. The zero-order valence-corrected chi connectivity index (χ0v) is 11.9. The monoisotopic (exact) mass is 298 g/mol. The van der Waals surface area contributed by atoms with Crippen molar-refractivity contribution in [1.29, 1.82) is 0 Å². The van der Waals surface area contributed by atoms with Crippen LogP contribution in [-0.2, 0) is 0 Å². The molecular weight excluding hydrogens is 284 g/mol. The molecule has 1 atom stereocenters. The molecule has 0 aromatic carbocycles. The fraction of sp³-hybridized carbons (Fsp3) is 0.364. The third kappa shape index (κ3) is 4.27. The van der Waals surface area contributed by atoms with E-state index in [9.17, 15) is 4.79 Å². The van der Waals surface area contributed by atoms with Crippen LogP contribution in [0.4, 0.5) is 9.93 Å². The number of carbonyl (C=O) groups excluding carboxylic acids is 1. The lowest BCUT2D eigenvalue weighted by Gasteiger charge is -2.06. The molecule has 2 aromatic rings. The minimum Gasteiger partial charge on any atom is -0.393 e. The molecule has 0 aliphatic rings. The Kier molecular flexibility index (Phi) is 4.83. The van der Waals surface area contributed by atoms with Gasteiger partial charge in [-0.05, 0) is 24.8 Å². The number of aromatic nitrogens is 2. The largest absolute Gasteiger partial charge is 0.393 e. The first-order valence-corrected chi connectivity index (χ1v) is 7.41. The summed E-state index contributed by atoms with van der Waals surface area (Å²) in [6, 6.07) is 3.52. The lowest BCUT2D eigenvalue weighted by molar-refractivity contribution is 0.184. The third-order valence-electron chi connectivity index (χ3n) is 2.24. The number of hydrogen-bond acceptors (Lipinski definition) is 6. The Hall–Kier alpha value is -1.51. The Morgan fingerprint density at radius 1 is 1.58 bits per heavy atom. The molecule has 102 valence electrons. The maximum Gasteiger partial charge on any atom is 0.321 e. The highest BCUT2D eigenvalue weighted by Gasteiger charge is 2.09. The average molecular weight is 298 g/mol. The van der Waals surface area contributed by atoms with Crippen LogP contribution in [-0.4, -0.2) is 33.1 Å². The van der Waals surface area contributed by atoms with Gasteiger partial charge in [0.15, 0.2) is 5.82 Å². The number of thiophene rings is 1. The van der Waals surface area contributed by atoms with E-state index in [0.29, 0.717) is 23.9 Å². The topological polar surface area (TPSA) is 87.1 Å². The molecule has 0 bridgehead atoms. The summed E-state index contributed by atoms with van der Waals surface area (Å²) in [5.74, 6) is 0.624. The highest BCUT2D eigenvalue weighted by molar-refractivity contribution is 7.14. The molecule has 0 saturated carbocycles. The number of aliphatic hydroxyl groups excluding tert-OH is 1. The second-order valence-electron chi connectivity index (χ2n) is 3.92. The predicted molar refractivity (Wildman–Crippen MR) is 76.5 cm³/mol. The standard InChI is InChI=1S/C11H14N4O2S2/c1-7(16)4-5-12-10(17)14-11-13-9(15-19-11)8-3-2-6-18-8/h2-3,6-7,16H,4-5H2,1H3,(H2,12,13,14,15,17)/t7-/m1/s1. The van der Waals surface area contributed by atoms with E-state index in [-0.39, 0.29) is 6.03 Å². The minimum absolute atomic E-state index is 0.338. The number of carbonyl (C=O) groups is 1. The predicted octanol–water partition coefficient (Wildman–Crippen LogP) is 2.16. The van der Waals surface area contributed by atoms with E-state index in [0.717, 1.165) is 16.4 Å². The third-order valence-corrected chi connectivity index (χ3v) is 3.73. The van der Waals surface area contributed by atoms with Crippen LogP contribution in [0.15, 0.2) is 17.5 Å². The molecule has 0 unspecified atom stereocenters. The van der Waals surface area contributed by atoms with E-state index in [1.807, 2.05) is 17.5 Å². The minimum atomic E-state index is -0.424. The maximum absolute atomic E-state index is 11.5. The Labute approximate surface area is 118 Å². The van der Waals surface area contributed by atoms with Crippen LogP contribution < -0.4 is 10.6 Å². The number of nitrogens with one attached hydrogen (secondary N) is 2. The number of rotatable bonds is 5. The summed E-state index contributed by atoms with van der Waals surface area (Å²) in [6.07, 6.45) is 0.0940. The quantitative estimate of drug-likeness (QED) is 0.789. The first-order chi connectivity index (χ1) is 9.15. The fourth-order valence-electron chi connectivity index (χ4n) is 1.32. The molecule has 0 radical (unpaired) electrons. The zero-order valence-electron chi connectivity index (χ0n) is 10.3. The van der Waals surface area contributed by atoms with Crippen LogP contribution in [0.25, 0.3) is 10.7 Å². The number of nitrogens with zero attached hydrogens (tertiary/aromatic N) is 2. The first-order valence-electron chi connectivity index (χ1n) is 5.75. The average Bonchev–Trinajstić information content (AvgIpc) is 2.97. The van der Waals surface area contributed by atoms with E-state index in [4.69, 9.17) is 5.11 Å². The smallest absolute Gasteiger partial charge is 0.321 e. The van der Waals surface area contributed by atoms with Gasteiger partial charge >= 0.3 is 6.03 Å². The van der Waals surface area contributed by atoms with Crippen molar-refractivity contribution in [2.24, 2.45) is 0 Å². The SMILES string of the molecule is C[C@@H](O)CCNC(=O)Nc1nc(-c2cccs2)ns1. The van der Waals surface area contributed by atoms with Crippen molar-refractivity contribution < 1.29 is 9.90 Å². The molecule has 0 spiro atoms. The normalized spacial score (nSPS) is 12.1. The summed E-state index contributed by atoms with van der Waals surface area (Å²) in [5.41, 5.74) is 0. The summed E-state index contributed by atoms with van der Waals surface area (Å²) in [6.45, 7) is 2.09. The van der Waals surface area contributed by atoms with Gasteiger partial charge in [0.2, 0.25) is 5.13 Å². The highest BCUT2D eigenvalue weighted by Crippen LogP contribution is 2.24. The molecule has 0 saturated heterocycles. The summed E-state index contributed by atoms with van der Waals surface area (Å²) < 4.78 is 4.18. The van der Waals surface area contributed by atoms with Crippen molar-refractivity contribution in [3.05, 3.63) is 17.5 Å². The van der Waals surface area contributed by atoms with Gasteiger partial charge in [-0.15, -0.1) is 11.3 Å². The van der Waals surface area contributed by atoms with Gasteiger partial charge in [0.05, 0.1) is 11.0 Å². The van der Waals surface area contributed by atoms with Gasteiger partial charge in [-0.3, -0.25) is 5.32 Å². The van der Waals surface area contributed by atoms with Gasteiger partial charge < -0.3 is 10.4 Å². The van der Waals surface area contributed by atoms with Crippen molar-refractivity contribution in [2.75, 3.05) is 11.9 Å². The van der Waals surface area contributed by atoms with E-state index in [1.165, 1.54) is 0 Å². The van der Waals surface area contributed by atoms with Crippen molar-refractivity contribution in [1.82, 2.24) is 14.7 Å². The molecular formula is C11H14N4O2S2. The Balaban J connectivity index is 1.84. The molecule has 2 amide bonds. The second-order valence-corrected chi connectivity index (χ2v) is 5.62. The Morgan fingerprint density at radius 3 is 3.11 bits per heavy atom. The van der Waals surface area contributed by atoms with E-state index in [2.05, 4.69) is 20.0 Å². The number of hydrogen-bond donors (Lipinski definition) is 3. The van der Waals surface area contributed by atoms with Crippen molar-refractivity contribution in [2.45, 2.75) is 19.4 Å². The fourth-order valence-corrected chi connectivity index (χ4v) is 2.61. The van der Waals surface area contributed by atoms with E-state index in [1.54, 1.807) is 18.3 Å². The number of aliphatic hydroxyl groups is 1. The van der Waals surface area contributed by atoms with Crippen LogP contribution in [0.3, 0.4) is 0 Å². The van der Waals surface area contributed by atoms with Crippen LogP contribution in [0, 0.1) is 0 Å². The first kappa shape index (κ1) is 13.9. The second kappa shape index (κ2) is 6.60. The Bertz CT molecular complexity index is 525. The molecule has 0 fully saturated rings. The van der Waals surface area contributed by atoms with Crippen LogP contribution >= 0.6 is 22.9 Å². The van der Waals surface area contributed by atoms with Gasteiger partial charge in [0.1, 0.15) is 0 Å². The summed E-state index contributed by atoms with van der Waals surface area (Å²) in [7, 11) is 0. The number of urea groups is 1. The lowest BCUT2D eigenvalue weighted by atomic mass is 10.3. The molecule has 2 heterocycles. The Morgan fingerprint density at radius 2 is 2.42 bits per heavy atom. The maximum atomic E-state index is 11.5. The van der Waals surface area contributed by atoms with Gasteiger partial charge in [0.25, 0.3) is 0 Å². The van der Waals surface area contributed by atoms with Crippen LogP contribution in [0.1, 0.15) is 13.3 Å². The van der Waals surface area contributed by atoms with Crippen molar-refractivity contribution in [3.63, 3.8) is 0 Å². The summed E-state index contributed by atoms with van der Waals surface area (Å²) in [5, 5.41) is 16.7. The molecule has 0 aliphatic carbocycles. The van der Waals surface area contributed by atoms with Gasteiger partial charge in [-0.2, -0.15) is 9.36 Å². The molecule has 19 heavy (non-hydrogen) atoms. The molecule has 8 heteroatoms. The highest BCUT2D eigenvalue weighted by atomic mass is 32.1. The van der Waals surface area contributed by atoms with Gasteiger partial charge in [-0.25, -0.2) is 4.79 Å². The van der Waals surface area contributed by atoms with Crippen LogP contribution in [0.2, 0.25) is 0 Å². The zero-order chi connectivity index (χ0) is 13.7. The van der Waals surface area contributed by atoms with Crippen molar-refractivity contribution >= 4 is 34.0 Å². The number of amides is 2. The van der Waals surface area contributed by atoms with Gasteiger partial charge in [-0.1, -0.05) is 6.07 Å². The lowest BCUT2D eigenvalue weighted by Crippen LogP contribution is -2.30. The van der Waals surface area contributed by atoms with Gasteiger partial charge in [0, 0.05) is 18.1 Å². The summed E-state index contributed by atoms with van der Waals surface area (Å²) >= 11 is 2.69. The van der Waals surface area contributed by atoms with Crippen LogP contribution in [0.5, 0.6) is 0 Å². The molecule has 0 aliphatic heterocycles. The molecule has 2 rings (SSSR count). The molecule has 2 aromatic heterocycles.